The van der Waals surface area contributed by atoms with E-state index in [0.29, 0.717) is 18.7 Å². The smallest absolute Gasteiger partial charge is 0.218 e. The number of hydrogen-bond acceptors (Lipinski definition) is 3. The first kappa shape index (κ1) is 13.3. The van der Waals surface area contributed by atoms with Gasteiger partial charge in [0.1, 0.15) is 0 Å². The van der Waals surface area contributed by atoms with Crippen molar-refractivity contribution in [2.24, 2.45) is 0 Å². The SMILES string of the molecule is CCOc1ncccc1[C@H]1CCCCN1C(C)C. The second-order valence-electron chi connectivity index (χ2n) is 5.17. The number of aromatic nitrogens is 1. The first-order valence-electron chi connectivity index (χ1n) is 7.07. The summed E-state index contributed by atoms with van der Waals surface area (Å²) in [6.07, 6.45) is 5.63. The van der Waals surface area contributed by atoms with Crippen LogP contribution in [0.25, 0.3) is 0 Å². The van der Waals surface area contributed by atoms with Crippen molar-refractivity contribution in [3.05, 3.63) is 23.9 Å². The van der Waals surface area contributed by atoms with E-state index < -0.39 is 0 Å². The molecule has 1 aliphatic rings. The van der Waals surface area contributed by atoms with Gasteiger partial charge in [0.2, 0.25) is 5.88 Å². The molecule has 2 rings (SSSR count). The van der Waals surface area contributed by atoms with E-state index in [2.05, 4.69) is 29.8 Å². The molecule has 0 saturated carbocycles. The lowest BCUT2D eigenvalue weighted by molar-refractivity contribution is 0.109. The lowest BCUT2D eigenvalue weighted by atomic mass is 9.94. The number of ether oxygens (including phenoxy) is 1. The lowest BCUT2D eigenvalue weighted by Crippen LogP contribution is -2.38. The minimum atomic E-state index is 0.467. The Morgan fingerprint density at radius 3 is 3.00 bits per heavy atom. The number of likely N-dealkylation sites (tertiary alicyclic amines) is 1. The fourth-order valence-corrected chi connectivity index (χ4v) is 2.82. The fraction of sp³-hybridized carbons (Fsp3) is 0.667. The van der Waals surface area contributed by atoms with E-state index in [1.165, 1.54) is 31.4 Å². The highest BCUT2D eigenvalue weighted by atomic mass is 16.5. The highest BCUT2D eigenvalue weighted by molar-refractivity contribution is 5.29. The molecule has 3 heteroatoms. The second-order valence-corrected chi connectivity index (χ2v) is 5.17. The number of nitrogens with zero attached hydrogens (tertiary/aromatic N) is 2. The van der Waals surface area contributed by atoms with Crippen LogP contribution in [-0.2, 0) is 0 Å². The Bertz CT molecular complexity index is 379. The summed E-state index contributed by atoms with van der Waals surface area (Å²) in [6, 6.07) is 5.23. The maximum Gasteiger partial charge on any atom is 0.218 e. The molecule has 0 spiro atoms. The molecule has 1 aromatic heterocycles. The van der Waals surface area contributed by atoms with Crippen molar-refractivity contribution in [3.63, 3.8) is 0 Å². The van der Waals surface area contributed by atoms with Gasteiger partial charge in [-0.3, -0.25) is 4.90 Å². The first-order chi connectivity index (χ1) is 8.74. The zero-order valence-electron chi connectivity index (χ0n) is 11.7. The van der Waals surface area contributed by atoms with Gasteiger partial charge in [-0.25, -0.2) is 4.98 Å². The number of rotatable bonds is 4. The predicted octanol–water partition coefficient (Wildman–Crippen LogP) is 3.42. The summed E-state index contributed by atoms with van der Waals surface area (Å²) in [5.74, 6) is 0.817. The number of piperidine rings is 1. The van der Waals surface area contributed by atoms with Gasteiger partial charge in [-0.1, -0.05) is 12.5 Å². The topological polar surface area (TPSA) is 25.4 Å². The third-order valence-corrected chi connectivity index (χ3v) is 3.65. The van der Waals surface area contributed by atoms with Crippen molar-refractivity contribution in [2.45, 2.75) is 52.1 Å². The average Bonchev–Trinajstić information content (AvgIpc) is 2.40. The second kappa shape index (κ2) is 6.19. The van der Waals surface area contributed by atoms with E-state index >= 15 is 0 Å². The minimum Gasteiger partial charge on any atom is -0.478 e. The quantitative estimate of drug-likeness (QED) is 0.816. The third-order valence-electron chi connectivity index (χ3n) is 3.65. The summed E-state index contributed by atoms with van der Waals surface area (Å²) in [4.78, 5) is 6.96. The van der Waals surface area contributed by atoms with Crippen LogP contribution in [0.5, 0.6) is 5.88 Å². The Morgan fingerprint density at radius 1 is 1.44 bits per heavy atom. The van der Waals surface area contributed by atoms with Crippen molar-refractivity contribution < 1.29 is 4.74 Å². The van der Waals surface area contributed by atoms with Gasteiger partial charge in [0.25, 0.3) is 0 Å². The summed E-state index contributed by atoms with van der Waals surface area (Å²) in [5.41, 5.74) is 1.26. The van der Waals surface area contributed by atoms with Crippen LogP contribution >= 0.6 is 0 Å². The molecule has 1 aliphatic heterocycles. The molecule has 3 nitrogen and oxygen atoms in total. The minimum absolute atomic E-state index is 0.467. The highest BCUT2D eigenvalue weighted by Gasteiger charge is 2.28. The standard InChI is InChI=1S/C15H24N2O/c1-4-18-15-13(8-7-10-16-15)14-9-5-6-11-17(14)12(2)3/h7-8,10,12,14H,4-6,9,11H2,1-3H3/t14-/m1/s1. The van der Waals surface area contributed by atoms with Gasteiger partial charge < -0.3 is 4.74 Å². The van der Waals surface area contributed by atoms with E-state index in [4.69, 9.17) is 4.74 Å². The Balaban J connectivity index is 2.27. The zero-order chi connectivity index (χ0) is 13.0. The molecule has 0 N–H and O–H groups in total. The van der Waals surface area contributed by atoms with Gasteiger partial charge in [0, 0.05) is 23.8 Å². The molecule has 100 valence electrons. The zero-order valence-corrected chi connectivity index (χ0v) is 11.7. The van der Waals surface area contributed by atoms with Crippen LogP contribution in [0, 0.1) is 0 Å². The van der Waals surface area contributed by atoms with E-state index in [-0.39, 0.29) is 0 Å². The molecule has 1 fully saturated rings. The normalized spacial score (nSPS) is 21.2. The molecular weight excluding hydrogens is 224 g/mol. The molecule has 1 saturated heterocycles. The average molecular weight is 248 g/mol. The molecule has 1 atom stereocenters. The van der Waals surface area contributed by atoms with Crippen LogP contribution < -0.4 is 4.74 Å². The Hall–Kier alpha value is -1.09. The summed E-state index contributed by atoms with van der Waals surface area (Å²) in [6.45, 7) is 8.42. The molecule has 0 radical (unpaired) electrons. The number of pyridine rings is 1. The van der Waals surface area contributed by atoms with Crippen molar-refractivity contribution in [1.82, 2.24) is 9.88 Å². The van der Waals surface area contributed by atoms with Crippen molar-refractivity contribution in [2.75, 3.05) is 13.2 Å². The van der Waals surface area contributed by atoms with Crippen LogP contribution in [-0.4, -0.2) is 29.1 Å². The summed E-state index contributed by atoms with van der Waals surface area (Å²) in [5, 5.41) is 0. The Kier molecular flexibility index (Phi) is 4.59. The summed E-state index contributed by atoms with van der Waals surface area (Å²) >= 11 is 0. The monoisotopic (exact) mass is 248 g/mol. The van der Waals surface area contributed by atoms with Crippen molar-refractivity contribution in [1.29, 1.82) is 0 Å². The van der Waals surface area contributed by atoms with Crippen LogP contribution in [0.15, 0.2) is 18.3 Å². The van der Waals surface area contributed by atoms with Gasteiger partial charge in [0.05, 0.1) is 6.61 Å². The van der Waals surface area contributed by atoms with Crippen LogP contribution in [0.1, 0.15) is 51.6 Å². The molecule has 2 heterocycles. The third kappa shape index (κ3) is 2.83. The van der Waals surface area contributed by atoms with Crippen molar-refractivity contribution >= 4 is 0 Å². The molecule has 0 aliphatic carbocycles. The maximum atomic E-state index is 5.68. The molecule has 18 heavy (non-hydrogen) atoms. The highest BCUT2D eigenvalue weighted by Crippen LogP contribution is 2.36. The van der Waals surface area contributed by atoms with Gasteiger partial charge in [-0.15, -0.1) is 0 Å². The van der Waals surface area contributed by atoms with Gasteiger partial charge in [-0.05, 0) is 46.2 Å². The summed E-state index contributed by atoms with van der Waals surface area (Å²) in [7, 11) is 0. The van der Waals surface area contributed by atoms with Gasteiger partial charge >= 0.3 is 0 Å². The van der Waals surface area contributed by atoms with E-state index in [1.807, 2.05) is 19.2 Å². The number of hydrogen-bond donors (Lipinski definition) is 0. The van der Waals surface area contributed by atoms with Crippen LogP contribution in [0.3, 0.4) is 0 Å². The van der Waals surface area contributed by atoms with Crippen LogP contribution in [0.4, 0.5) is 0 Å². The van der Waals surface area contributed by atoms with Gasteiger partial charge in [0.15, 0.2) is 0 Å². The van der Waals surface area contributed by atoms with Crippen LogP contribution in [0.2, 0.25) is 0 Å². The maximum absolute atomic E-state index is 5.68. The Morgan fingerprint density at radius 2 is 2.28 bits per heavy atom. The van der Waals surface area contributed by atoms with Gasteiger partial charge in [-0.2, -0.15) is 0 Å². The molecule has 0 aromatic carbocycles. The lowest BCUT2D eigenvalue weighted by Gasteiger charge is -2.39. The molecule has 0 amide bonds. The molecular formula is C15H24N2O. The van der Waals surface area contributed by atoms with E-state index in [0.717, 1.165) is 5.88 Å². The Labute approximate surface area is 110 Å². The van der Waals surface area contributed by atoms with E-state index in [1.54, 1.807) is 0 Å². The fourth-order valence-electron chi connectivity index (χ4n) is 2.82. The summed E-state index contributed by atoms with van der Waals surface area (Å²) < 4.78 is 5.68. The molecule has 1 aromatic rings. The first-order valence-corrected chi connectivity index (χ1v) is 7.07. The predicted molar refractivity (Wildman–Crippen MR) is 73.8 cm³/mol. The van der Waals surface area contributed by atoms with Crippen molar-refractivity contribution in [3.8, 4) is 5.88 Å². The largest absolute Gasteiger partial charge is 0.478 e. The van der Waals surface area contributed by atoms with E-state index in [9.17, 15) is 0 Å². The molecule has 0 bridgehead atoms. The molecule has 0 unspecified atom stereocenters.